The molecule has 4 rings (SSSR count). The number of carbonyl (C=O) groups is 1. The number of fused-ring (bicyclic) bond motifs is 1. The van der Waals surface area contributed by atoms with Crippen LogP contribution in [0.3, 0.4) is 0 Å². The van der Waals surface area contributed by atoms with Crippen LogP contribution in [0.4, 0.5) is 4.39 Å². The van der Waals surface area contributed by atoms with E-state index in [1.165, 1.54) is 42.5 Å². The van der Waals surface area contributed by atoms with E-state index < -0.39 is 0 Å². The molecule has 2 aromatic carbocycles. The van der Waals surface area contributed by atoms with E-state index >= 15 is 0 Å². The van der Waals surface area contributed by atoms with Gasteiger partial charge in [0.1, 0.15) is 5.82 Å². The van der Waals surface area contributed by atoms with Gasteiger partial charge in [0.15, 0.2) is 0 Å². The highest BCUT2D eigenvalue weighted by Gasteiger charge is 2.24. The molecule has 4 heteroatoms. The Balaban J connectivity index is 1.15. The van der Waals surface area contributed by atoms with Crippen LogP contribution in [0.15, 0.2) is 54.6 Å². The second kappa shape index (κ2) is 9.36. The third-order valence-corrected chi connectivity index (χ3v) is 6.25. The van der Waals surface area contributed by atoms with Crippen molar-refractivity contribution in [2.75, 3.05) is 6.54 Å². The standard InChI is InChI=1S/C25H29FN2O/c26-23-10-5-19(6-11-23)9-14-25(29)27-24-12-7-20(8-13-24)15-16-28-17-21-3-1-2-4-22(21)18-28/h1-6,9-11,14,20,24H,7-8,12-13,15-18H2,(H,27,29)/b14-9+. The Morgan fingerprint density at radius 1 is 1.00 bits per heavy atom. The number of nitrogens with one attached hydrogen (secondary N) is 1. The molecule has 0 saturated heterocycles. The van der Waals surface area contributed by atoms with Gasteiger partial charge in [-0.3, -0.25) is 9.69 Å². The summed E-state index contributed by atoms with van der Waals surface area (Å²) in [6.45, 7) is 3.33. The Morgan fingerprint density at radius 3 is 2.31 bits per heavy atom. The Morgan fingerprint density at radius 2 is 1.66 bits per heavy atom. The zero-order valence-corrected chi connectivity index (χ0v) is 16.8. The van der Waals surface area contributed by atoms with Gasteiger partial charge in [-0.25, -0.2) is 4.39 Å². The number of rotatable bonds is 6. The van der Waals surface area contributed by atoms with Gasteiger partial charge in [-0.05, 0) is 79.5 Å². The van der Waals surface area contributed by atoms with Crippen molar-refractivity contribution in [3.05, 3.63) is 77.1 Å². The second-order valence-corrected chi connectivity index (χ2v) is 8.38. The molecule has 0 atom stereocenters. The summed E-state index contributed by atoms with van der Waals surface area (Å²) in [5.41, 5.74) is 3.79. The van der Waals surface area contributed by atoms with E-state index in [9.17, 15) is 9.18 Å². The molecule has 2 aromatic rings. The van der Waals surface area contributed by atoms with Crippen molar-refractivity contribution in [3.63, 3.8) is 0 Å². The van der Waals surface area contributed by atoms with Crippen molar-refractivity contribution >= 4 is 12.0 Å². The average molecular weight is 393 g/mol. The number of benzene rings is 2. The second-order valence-electron chi connectivity index (χ2n) is 8.38. The summed E-state index contributed by atoms with van der Waals surface area (Å²) < 4.78 is 12.9. The smallest absolute Gasteiger partial charge is 0.244 e. The van der Waals surface area contributed by atoms with Gasteiger partial charge < -0.3 is 5.32 Å². The molecular weight excluding hydrogens is 363 g/mol. The van der Waals surface area contributed by atoms with E-state index in [1.807, 2.05) is 0 Å². The van der Waals surface area contributed by atoms with Crippen molar-refractivity contribution in [2.24, 2.45) is 5.92 Å². The lowest BCUT2D eigenvalue weighted by molar-refractivity contribution is -0.117. The number of nitrogens with zero attached hydrogens (tertiary/aromatic N) is 1. The average Bonchev–Trinajstić information content (AvgIpc) is 3.16. The zero-order chi connectivity index (χ0) is 20.1. The van der Waals surface area contributed by atoms with Crippen molar-refractivity contribution in [3.8, 4) is 0 Å². The minimum absolute atomic E-state index is 0.0624. The van der Waals surface area contributed by atoms with E-state index in [2.05, 4.69) is 34.5 Å². The van der Waals surface area contributed by atoms with Crippen LogP contribution in [-0.2, 0) is 17.9 Å². The first-order chi connectivity index (χ1) is 14.2. The molecular formula is C25H29FN2O. The lowest BCUT2D eigenvalue weighted by atomic mass is 9.84. The highest BCUT2D eigenvalue weighted by atomic mass is 19.1. The van der Waals surface area contributed by atoms with Crippen LogP contribution in [-0.4, -0.2) is 23.4 Å². The molecule has 1 aliphatic carbocycles. The lowest BCUT2D eigenvalue weighted by Crippen LogP contribution is -2.37. The highest BCUT2D eigenvalue weighted by molar-refractivity contribution is 5.91. The maximum atomic E-state index is 12.9. The van der Waals surface area contributed by atoms with Gasteiger partial charge in [-0.15, -0.1) is 0 Å². The first kappa shape index (κ1) is 19.8. The third-order valence-electron chi connectivity index (χ3n) is 6.25. The molecule has 0 radical (unpaired) electrons. The summed E-state index contributed by atoms with van der Waals surface area (Å²) in [5.74, 6) is 0.437. The number of halogens is 1. The maximum absolute atomic E-state index is 12.9. The summed E-state index contributed by atoms with van der Waals surface area (Å²) >= 11 is 0. The van der Waals surface area contributed by atoms with E-state index in [-0.39, 0.29) is 17.8 Å². The van der Waals surface area contributed by atoms with Crippen LogP contribution >= 0.6 is 0 Å². The fourth-order valence-corrected chi connectivity index (χ4v) is 4.52. The van der Waals surface area contributed by atoms with Gasteiger partial charge in [-0.1, -0.05) is 36.4 Å². The van der Waals surface area contributed by atoms with Gasteiger partial charge >= 0.3 is 0 Å². The molecule has 1 aliphatic heterocycles. The van der Waals surface area contributed by atoms with E-state index in [4.69, 9.17) is 0 Å². The van der Waals surface area contributed by atoms with Crippen LogP contribution < -0.4 is 5.32 Å². The number of hydrogen-bond acceptors (Lipinski definition) is 2. The van der Waals surface area contributed by atoms with Crippen molar-refractivity contribution in [1.29, 1.82) is 0 Å². The zero-order valence-electron chi connectivity index (χ0n) is 16.8. The number of carbonyl (C=O) groups excluding carboxylic acids is 1. The topological polar surface area (TPSA) is 32.3 Å². The minimum atomic E-state index is -0.266. The van der Waals surface area contributed by atoms with Crippen LogP contribution in [0.2, 0.25) is 0 Å². The summed E-state index contributed by atoms with van der Waals surface area (Å²) in [7, 11) is 0. The van der Waals surface area contributed by atoms with Gasteiger partial charge in [0, 0.05) is 25.2 Å². The SMILES string of the molecule is O=C(/C=C/c1ccc(F)cc1)NC1CCC(CCN2Cc3ccccc3C2)CC1. The predicted molar refractivity (Wildman–Crippen MR) is 114 cm³/mol. The first-order valence-electron chi connectivity index (χ1n) is 10.7. The molecule has 1 saturated carbocycles. The Labute approximate surface area is 172 Å². The summed E-state index contributed by atoms with van der Waals surface area (Å²) in [6.07, 6.45) is 9.01. The molecule has 0 unspecified atom stereocenters. The summed E-state index contributed by atoms with van der Waals surface area (Å²) in [5, 5.41) is 3.12. The highest BCUT2D eigenvalue weighted by Crippen LogP contribution is 2.29. The van der Waals surface area contributed by atoms with E-state index in [1.54, 1.807) is 24.3 Å². The third kappa shape index (κ3) is 5.54. The van der Waals surface area contributed by atoms with Gasteiger partial charge in [0.05, 0.1) is 0 Å². The molecule has 0 spiro atoms. The quantitative estimate of drug-likeness (QED) is 0.708. The van der Waals surface area contributed by atoms with Crippen LogP contribution in [0.25, 0.3) is 6.08 Å². The fraction of sp³-hybridized carbons (Fsp3) is 0.400. The van der Waals surface area contributed by atoms with E-state index in [0.29, 0.717) is 0 Å². The molecule has 29 heavy (non-hydrogen) atoms. The van der Waals surface area contributed by atoms with Gasteiger partial charge in [-0.2, -0.15) is 0 Å². The minimum Gasteiger partial charge on any atom is -0.350 e. The lowest BCUT2D eigenvalue weighted by Gasteiger charge is -2.30. The Kier molecular flexibility index (Phi) is 6.40. The normalized spacial score (nSPS) is 22.0. The summed E-state index contributed by atoms with van der Waals surface area (Å²) in [4.78, 5) is 14.7. The molecule has 1 amide bonds. The molecule has 152 valence electrons. The van der Waals surface area contributed by atoms with Crippen molar-refractivity contribution in [2.45, 2.75) is 51.2 Å². The molecule has 1 N–H and O–H groups in total. The largest absolute Gasteiger partial charge is 0.350 e. The molecule has 1 heterocycles. The summed E-state index contributed by atoms with van der Waals surface area (Å²) in [6, 6.07) is 15.2. The predicted octanol–water partition coefficient (Wildman–Crippen LogP) is 4.92. The molecule has 0 bridgehead atoms. The van der Waals surface area contributed by atoms with Crippen LogP contribution in [0.1, 0.15) is 48.8 Å². The number of amides is 1. The Bertz CT molecular complexity index is 828. The molecule has 1 fully saturated rings. The monoisotopic (exact) mass is 392 g/mol. The fourth-order valence-electron chi connectivity index (χ4n) is 4.52. The molecule has 2 aliphatic rings. The molecule has 3 nitrogen and oxygen atoms in total. The van der Waals surface area contributed by atoms with Crippen LogP contribution in [0.5, 0.6) is 0 Å². The van der Waals surface area contributed by atoms with Crippen molar-refractivity contribution < 1.29 is 9.18 Å². The van der Waals surface area contributed by atoms with E-state index in [0.717, 1.165) is 44.0 Å². The number of hydrogen-bond donors (Lipinski definition) is 1. The molecule has 0 aromatic heterocycles. The van der Waals surface area contributed by atoms with Crippen molar-refractivity contribution in [1.82, 2.24) is 10.2 Å². The van der Waals surface area contributed by atoms with Gasteiger partial charge in [0.25, 0.3) is 0 Å². The Hall–Kier alpha value is -2.46. The first-order valence-corrected chi connectivity index (χ1v) is 10.7. The maximum Gasteiger partial charge on any atom is 0.244 e. The van der Waals surface area contributed by atoms with Gasteiger partial charge in [0.2, 0.25) is 5.91 Å². The van der Waals surface area contributed by atoms with Crippen LogP contribution in [0, 0.1) is 11.7 Å².